The second-order valence-electron chi connectivity index (χ2n) is 15.1. The Morgan fingerprint density at radius 1 is 0.828 bits per heavy atom. The van der Waals surface area contributed by atoms with Crippen LogP contribution >= 0.6 is 11.6 Å². The first-order valence-electron chi connectivity index (χ1n) is 18.8. The summed E-state index contributed by atoms with van der Waals surface area (Å²) < 4.78 is 19.5. The summed E-state index contributed by atoms with van der Waals surface area (Å²) in [4.78, 5) is 73.5. The molecule has 4 amide bonds. The molecular formula is C46H35ClFN3O7. The molecule has 58 heavy (non-hydrogen) atoms. The number of hydrogen-bond donors (Lipinski definition) is 2. The molecule has 3 fully saturated rings. The van der Waals surface area contributed by atoms with Gasteiger partial charge in [0.2, 0.25) is 11.8 Å². The van der Waals surface area contributed by atoms with Crippen LogP contribution in [0.2, 0.25) is 5.02 Å². The van der Waals surface area contributed by atoms with Crippen molar-refractivity contribution in [3.63, 3.8) is 0 Å². The number of rotatable bonds is 8. The zero-order chi connectivity index (χ0) is 40.5. The van der Waals surface area contributed by atoms with E-state index in [1.807, 2.05) is 12.1 Å². The van der Waals surface area contributed by atoms with E-state index in [1.54, 1.807) is 84.9 Å². The van der Waals surface area contributed by atoms with Crippen LogP contribution in [0.4, 0.5) is 15.8 Å². The standard InChI is InChI=1S/C46H35ClFN3O7/c1-58-32-19-22-38(52)36(23-32)40-33-20-21-34-39(44(56)50(42(34)54)31-17-7-26(8-18-31)41(53)25-5-3-2-4-6-25)35(33)24-37-43(55)51(49-30-15-13-29(48)14-16-30)45(57)46(37,40)27-9-11-28(47)12-10-27/h2-20,22-23,34-35,37,39-40,49,52H,21,24H2,1H3. The summed E-state index contributed by atoms with van der Waals surface area (Å²) in [5.74, 6) is -7.07. The molecule has 9 rings (SSSR count). The van der Waals surface area contributed by atoms with Crippen molar-refractivity contribution < 1.29 is 38.2 Å². The smallest absolute Gasteiger partial charge is 0.260 e. The van der Waals surface area contributed by atoms with Crippen LogP contribution in [0.1, 0.15) is 45.8 Å². The van der Waals surface area contributed by atoms with E-state index >= 15 is 4.79 Å². The zero-order valence-electron chi connectivity index (χ0n) is 31.0. The molecular weight excluding hydrogens is 761 g/mol. The number of phenolic OH excluding ortho intramolecular Hbond substituents is 1. The van der Waals surface area contributed by atoms with Gasteiger partial charge in [0.25, 0.3) is 11.8 Å². The van der Waals surface area contributed by atoms with Gasteiger partial charge in [0, 0.05) is 27.6 Å². The molecule has 5 aromatic carbocycles. The monoisotopic (exact) mass is 795 g/mol. The number of aromatic hydroxyl groups is 1. The Labute approximate surface area is 337 Å². The average Bonchev–Trinajstić information content (AvgIpc) is 3.62. The van der Waals surface area contributed by atoms with Gasteiger partial charge in [-0.25, -0.2) is 4.39 Å². The third kappa shape index (κ3) is 5.63. The SMILES string of the molecule is COc1ccc(O)c(C2C3=CCC4C(=O)N(c5ccc(C(=O)c6ccccc6)cc5)C(=O)C4C3CC3C(=O)N(Nc4ccc(F)cc4)C(=O)C32c2ccc(Cl)cc2)c1. The maximum absolute atomic E-state index is 15.3. The highest BCUT2D eigenvalue weighted by molar-refractivity contribution is 6.30. The number of hydrazine groups is 1. The quantitative estimate of drug-likeness (QED) is 0.0932. The van der Waals surface area contributed by atoms with Crippen molar-refractivity contribution in [3.8, 4) is 11.5 Å². The lowest BCUT2D eigenvalue weighted by molar-refractivity contribution is -0.138. The van der Waals surface area contributed by atoms with Crippen molar-refractivity contribution >= 4 is 52.4 Å². The van der Waals surface area contributed by atoms with Crippen molar-refractivity contribution in [1.82, 2.24) is 5.01 Å². The van der Waals surface area contributed by atoms with E-state index in [0.717, 1.165) is 9.91 Å². The molecule has 6 unspecified atom stereocenters. The Morgan fingerprint density at radius 3 is 2.21 bits per heavy atom. The number of ether oxygens (including phenoxy) is 1. The fourth-order valence-electron chi connectivity index (χ4n) is 9.66. The Hall–Kier alpha value is -6.59. The number of carbonyl (C=O) groups excluding carboxylic acids is 5. The van der Waals surface area contributed by atoms with Crippen LogP contribution in [0.25, 0.3) is 0 Å². The lowest BCUT2D eigenvalue weighted by Gasteiger charge is -2.50. The van der Waals surface area contributed by atoms with Gasteiger partial charge in [-0.1, -0.05) is 65.7 Å². The average molecular weight is 796 g/mol. The van der Waals surface area contributed by atoms with Crippen molar-refractivity contribution in [2.45, 2.75) is 24.2 Å². The molecule has 2 N–H and O–H groups in total. The molecule has 5 aromatic rings. The number of methoxy groups -OCH3 is 1. The zero-order valence-corrected chi connectivity index (χ0v) is 31.7. The number of allylic oxidation sites excluding steroid dienone is 2. The Bertz CT molecular complexity index is 2550. The van der Waals surface area contributed by atoms with E-state index in [2.05, 4.69) is 5.43 Å². The molecule has 290 valence electrons. The number of fused-ring (bicyclic) bond motifs is 4. The van der Waals surface area contributed by atoms with E-state index < -0.39 is 64.5 Å². The topological polar surface area (TPSA) is 133 Å². The van der Waals surface area contributed by atoms with Gasteiger partial charge in [0.1, 0.15) is 17.3 Å². The van der Waals surface area contributed by atoms with Gasteiger partial charge in [-0.15, -0.1) is 0 Å². The fourth-order valence-corrected chi connectivity index (χ4v) is 9.79. The van der Waals surface area contributed by atoms with Gasteiger partial charge in [-0.05, 0) is 103 Å². The van der Waals surface area contributed by atoms with Gasteiger partial charge in [-0.3, -0.25) is 34.3 Å². The highest BCUT2D eigenvalue weighted by Gasteiger charge is 2.70. The number of phenols is 1. The summed E-state index contributed by atoms with van der Waals surface area (Å²) in [5, 5.41) is 13.0. The minimum atomic E-state index is -1.68. The number of nitrogens with zero attached hydrogens (tertiary/aromatic N) is 2. The van der Waals surface area contributed by atoms with Crippen molar-refractivity contribution in [2.24, 2.45) is 23.7 Å². The number of nitrogens with one attached hydrogen (secondary N) is 1. The van der Waals surface area contributed by atoms with Crippen molar-refractivity contribution in [1.29, 1.82) is 0 Å². The van der Waals surface area contributed by atoms with Gasteiger partial charge in [0.05, 0.1) is 41.7 Å². The first-order valence-corrected chi connectivity index (χ1v) is 19.2. The third-order valence-corrected chi connectivity index (χ3v) is 12.5. The molecule has 2 aliphatic heterocycles. The molecule has 2 saturated heterocycles. The lowest BCUT2D eigenvalue weighted by atomic mass is 9.49. The minimum Gasteiger partial charge on any atom is -0.508 e. The number of hydrogen-bond acceptors (Lipinski definition) is 8. The highest BCUT2D eigenvalue weighted by atomic mass is 35.5. The molecule has 12 heteroatoms. The molecule has 10 nitrogen and oxygen atoms in total. The van der Waals surface area contributed by atoms with E-state index in [0.29, 0.717) is 44.3 Å². The van der Waals surface area contributed by atoms with E-state index in [-0.39, 0.29) is 30.1 Å². The second-order valence-corrected chi connectivity index (χ2v) is 15.5. The van der Waals surface area contributed by atoms with Gasteiger partial charge in [-0.2, -0.15) is 5.01 Å². The van der Waals surface area contributed by atoms with Gasteiger partial charge < -0.3 is 9.84 Å². The number of amides is 4. The van der Waals surface area contributed by atoms with Crippen LogP contribution in [-0.2, 0) is 24.6 Å². The van der Waals surface area contributed by atoms with Crippen LogP contribution < -0.4 is 15.1 Å². The Morgan fingerprint density at radius 2 is 1.52 bits per heavy atom. The Balaban J connectivity index is 1.17. The molecule has 0 aromatic heterocycles. The van der Waals surface area contributed by atoms with E-state index in [1.165, 1.54) is 37.4 Å². The first kappa shape index (κ1) is 37.0. The van der Waals surface area contributed by atoms with Crippen LogP contribution in [0.3, 0.4) is 0 Å². The van der Waals surface area contributed by atoms with Crippen LogP contribution in [0.15, 0.2) is 133 Å². The third-order valence-electron chi connectivity index (χ3n) is 12.2. The number of benzene rings is 5. The molecule has 2 aliphatic carbocycles. The predicted molar refractivity (Wildman–Crippen MR) is 212 cm³/mol. The molecule has 0 spiro atoms. The highest BCUT2D eigenvalue weighted by Crippen LogP contribution is 2.65. The second kappa shape index (κ2) is 14.1. The molecule has 1 saturated carbocycles. The van der Waals surface area contributed by atoms with E-state index in [4.69, 9.17) is 16.3 Å². The number of imide groups is 2. The number of halogens is 2. The molecule has 0 bridgehead atoms. The molecule has 6 atom stereocenters. The number of anilines is 2. The molecule has 0 radical (unpaired) electrons. The maximum Gasteiger partial charge on any atom is 0.260 e. The van der Waals surface area contributed by atoms with Crippen LogP contribution in [0.5, 0.6) is 11.5 Å². The van der Waals surface area contributed by atoms with Crippen LogP contribution in [0, 0.1) is 29.5 Å². The predicted octanol–water partition coefficient (Wildman–Crippen LogP) is 7.61. The minimum absolute atomic E-state index is 0.0143. The van der Waals surface area contributed by atoms with Gasteiger partial charge in [0.15, 0.2) is 5.78 Å². The summed E-state index contributed by atoms with van der Waals surface area (Å²) in [6.45, 7) is 0. The summed E-state index contributed by atoms with van der Waals surface area (Å²) in [6.07, 6.45) is 2.05. The fraction of sp³-hybridized carbons (Fsp3) is 0.196. The lowest BCUT2D eigenvalue weighted by Crippen LogP contribution is -2.53. The number of ketones is 1. The van der Waals surface area contributed by atoms with Crippen LogP contribution in [-0.4, -0.2) is 46.6 Å². The maximum atomic E-state index is 15.3. The summed E-state index contributed by atoms with van der Waals surface area (Å²) >= 11 is 6.38. The summed E-state index contributed by atoms with van der Waals surface area (Å²) in [5.41, 5.74) is 4.11. The van der Waals surface area contributed by atoms with Gasteiger partial charge >= 0.3 is 0 Å². The number of carbonyl (C=O) groups is 5. The largest absolute Gasteiger partial charge is 0.508 e. The van der Waals surface area contributed by atoms with Crippen molar-refractivity contribution in [3.05, 3.63) is 166 Å². The van der Waals surface area contributed by atoms with Crippen molar-refractivity contribution in [2.75, 3.05) is 17.4 Å². The summed E-state index contributed by atoms with van der Waals surface area (Å²) in [7, 11) is 1.47. The normalized spacial score (nSPS) is 24.9. The summed E-state index contributed by atoms with van der Waals surface area (Å²) in [6, 6.07) is 31.7. The van der Waals surface area contributed by atoms with E-state index in [9.17, 15) is 28.7 Å². The molecule has 2 heterocycles. The first-order chi connectivity index (χ1) is 28.0. The molecule has 4 aliphatic rings. The Kier molecular flexibility index (Phi) is 9.00.